The highest BCUT2D eigenvalue weighted by molar-refractivity contribution is 5.40. The number of hydrogen-bond acceptors (Lipinski definition) is 4. The summed E-state index contributed by atoms with van der Waals surface area (Å²) in [6.45, 7) is 7.98. The summed E-state index contributed by atoms with van der Waals surface area (Å²) in [4.78, 5) is 0. The van der Waals surface area contributed by atoms with Crippen LogP contribution in [0.15, 0.2) is 18.2 Å². The summed E-state index contributed by atoms with van der Waals surface area (Å²) >= 11 is 0. The van der Waals surface area contributed by atoms with E-state index in [-0.39, 0.29) is 6.61 Å². The maximum absolute atomic E-state index is 9.75. The van der Waals surface area contributed by atoms with Gasteiger partial charge in [-0.05, 0) is 26.3 Å². The summed E-state index contributed by atoms with van der Waals surface area (Å²) in [6, 6.07) is 6.06. The molecule has 0 spiro atoms. The van der Waals surface area contributed by atoms with Crippen LogP contribution in [-0.2, 0) is 11.3 Å². The molecule has 0 radical (unpaired) electrons. The SMILES string of the molecule is COCCNCc1cccc(C)c1OCC(C)(C)O. The van der Waals surface area contributed by atoms with Crippen molar-refractivity contribution in [3.05, 3.63) is 29.3 Å². The van der Waals surface area contributed by atoms with E-state index in [1.54, 1.807) is 21.0 Å². The summed E-state index contributed by atoms with van der Waals surface area (Å²) in [6.07, 6.45) is 0. The minimum absolute atomic E-state index is 0.281. The molecule has 108 valence electrons. The van der Waals surface area contributed by atoms with Crippen LogP contribution in [0, 0.1) is 6.92 Å². The van der Waals surface area contributed by atoms with E-state index >= 15 is 0 Å². The molecule has 1 aromatic rings. The van der Waals surface area contributed by atoms with Gasteiger partial charge in [0.25, 0.3) is 0 Å². The summed E-state index contributed by atoms with van der Waals surface area (Å²) in [7, 11) is 1.69. The van der Waals surface area contributed by atoms with Crippen LogP contribution in [0.4, 0.5) is 0 Å². The van der Waals surface area contributed by atoms with E-state index in [1.807, 2.05) is 25.1 Å². The first kappa shape index (κ1) is 16.0. The number of methoxy groups -OCH3 is 1. The van der Waals surface area contributed by atoms with E-state index in [2.05, 4.69) is 5.32 Å². The molecule has 4 heteroatoms. The molecule has 0 unspecified atom stereocenters. The molecule has 0 atom stereocenters. The lowest BCUT2D eigenvalue weighted by Gasteiger charge is -2.21. The Bertz CT molecular complexity index is 385. The van der Waals surface area contributed by atoms with Gasteiger partial charge in [-0.2, -0.15) is 0 Å². The molecule has 0 aromatic heterocycles. The number of nitrogens with one attached hydrogen (secondary N) is 1. The van der Waals surface area contributed by atoms with Crippen molar-refractivity contribution >= 4 is 0 Å². The number of ether oxygens (including phenoxy) is 2. The van der Waals surface area contributed by atoms with E-state index in [9.17, 15) is 5.11 Å². The van der Waals surface area contributed by atoms with Crippen LogP contribution in [0.25, 0.3) is 0 Å². The van der Waals surface area contributed by atoms with Crippen molar-refractivity contribution in [1.82, 2.24) is 5.32 Å². The monoisotopic (exact) mass is 267 g/mol. The lowest BCUT2D eigenvalue weighted by atomic mass is 10.1. The second-order valence-corrected chi connectivity index (χ2v) is 5.33. The largest absolute Gasteiger partial charge is 0.490 e. The van der Waals surface area contributed by atoms with Gasteiger partial charge < -0.3 is 19.9 Å². The average molecular weight is 267 g/mol. The van der Waals surface area contributed by atoms with Crippen LogP contribution in [0.5, 0.6) is 5.75 Å². The van der Waals surface area contributed by atoms with Gasteiger partial charge in [-0.1, -0.05) is 18.2 Å². The third kappa shape index (κ3) is 6.05. The van der Waals surface area contributed by atoms with Gasteiger partial charge in [-0.3, -0.25) is 0 Å². The Morgan fingerprint density at radius 1 is 1.32 bits per heavy atom. The minimum atomic E-state index is -0.830. The lowest BCUT2D eigenvalue weighted by molar-refractivity contribution is 0.0279. The van der Waals surface area contributed by atoms with Crippen molar-refractivity contribution in [2.45, 2.75) is 32.9 Å². The number of para-hydroxylation sites is 1. The maximum atomic E-state index is 9.75. The van der Waals surface area contributed by atoms with Crippen LogP contribution < -0.4 is 10.1 Å². The van der Waals surface area contributed by atoms with Gasteiger partial charge in [0.2, 0.25) is 0 Å². The molecule has 0 fully saturated rings. The van der Waals surface area contributed by atoms with E-state index in [0.717, 1.165) is 30.0 Å². The molecule has 0 aliphatic carbocycles. The Labute approximate surface area is 115 Å². The molecule has 0 saturated heterocycles. The second kappa shape index (κ2) is 7.48. The molecular formula is C15H25NO3. The number of aliphatic hydroxyl groups is 1. The van der Waals surface area contributed by atoms with Crippen LogP contribution in [0.3, 0.4) is 0 Å². The standard InChI is InChI=1S/C15H25NO3/c1-12-6-5-7-13(10-16-8-9-18-4)14(12)19-11-15(2,3)17/h5-7,16-17H,8-11H2,1-4H3. The topological polar surface area (TPSA) is 50.7 Å². The number of rotatable bonds is 8. The Kier molecular flexibility index (Phi) is 6.28. The normalized spacial score (nSPS) is 11.6. The summed E-state index contributed by atoms with van der Waals surface area (Å²) in [5, 5.41) is 13.0. The van der Waals surface area contributed by atoms with Crippen LogP contribution in [0.2, 0.25) is 0 Å². The molecule has 0 amide bonds. The molecule has 19 heavy (non-hydrogen) atoms. The summed E-state index contributed by atoms with van der Waals surface area (Å²) in [5.74, 6) is 0.856. The van der Waals surface area contributed by atoms with Crippen LogP contribution in [-0.4, -0.2) is 37.6 Å². The molecule has 1 rings (SSSR count). The zero-order chi connectivity index (χ0) is 14.3. The first-order valence-corrected chi connectivity index (χ1v) is 6.57. The van der Waals surface area contributed by atoms with Gasteiger partial charge in [0.15, 0.2) is 0 Å². The molecular weight excluding hydrogens is 242 g/mol. The molecule has 0 saturated carbocycles. The summed E-state index contributed by atoms with van der Waals surface area (Å²) in [5.41, 5.74) is 1.35. The Morgan fingerprint density at radius 3 is 2.68 bits per heavy atom. The average Bonchev–Trinajstić information content (AvgIpc) is 2.32. The molecule has 1 aromatic carbocycles. The zero-order valence-electron chi connectivity index (χ0n) is 12.3. The predicted molar refractivity (Wildman–Crippen MR) is 76.6 cm³/mol. The van der Waals surface area contributed by atoms with E-state index in [4.69, 9.17) is 9.47 Å². The molecule has 0 aliphatic heterocycles. The van der Waals surface area contributed by atoms with Crippen LogP contribution in [0.1, 0.15) is 25.0 Å². The number of hydrogen-bond donors (Lipinski definition) is 2. The number of benzene rings is 1. The van der Waals surface area contributed by atoms with Gasteiger partial charge in [0.05, 0.1) is 12.2 Å². The molecule has 0 bridgehead atoms. The van der Waals surface area contributed by atoms with Gasteiger partial charge in [0.1, 0.15) is 12.4 Å². The quantitative estimate of drug-likeness (QED) is 0.706. The maximum Gasteiger partial charge on any atom is 0.126 e. The van der Waals surface area contributed by atoms with E-state index < -0.39 is 5.60 Å². The lowest BCUT2D eigenvalue weighted by Crippen LogP contribution is -2.28. The van der Waals surface area contributed by atoms with Crippen molar-refractivity contribution in [2.75, 3.05) is 26.9 Å². The van der Waals surface area contributed by atoms with Gasteiger partial charge in [-0.15, -0.1) is 0 Å². The van der Waals surface area contributed by atoms with E-state index in [0.29, 0.717) is 6.61 Å². The van der Waals surface area contributed by atoms with Gasteiger partial charge in [-0.25, -0.2) is 0 Å². The van der Waals surface area contributed by atoms with Gasteiger partial charge in [0, 0.05) is 25.8 Å². The molecule has 0 heterocycles. The van der Waals surface area contributed by atoms with Crippen molar-refractivity contribution < 1.29 is 14.6 Å². The predicted octanol–water partition coefficient (Wildman–Crippen LogP) is 1.88. The van der Waals surface area contributed by atoms with E-state index in [1.165, 1.54) is 0 Å². The highest BCUT2D eigenvalue weighted by Gasteiger charge is 2.15. The summed E-state index contributed by atoms with van der Waals surface area (Å²) < 4.78 is 10.8. The Hall–Kier alpha value is -1.10. The smallest absolute Gasteiger partial charge is 0.126 e. The molecule has 2 N–H and O–H groups in total. The number of aryl methyl sites for hydroxylation is 1. The highest BCUT2D eigenvalue weighted by Crippen LogP contribution is 2.24. The Morgan fingerprint density at radius 2 is 2.05 bits per heavy atom. The van der Waals surface area contributed by atoms with Crippen molar-refractivity contribution in [1.29, 1.82) is 0 Å². The Balaban J connectivity index is 2.66. The highest BCUT2D eigenvalue weighted by atomic mass is 16.5. The first-order valence-electron chi connectivity index (χ1n) is 6.57. The third-order valence-electron chi connectivity index (χ3n) is 2.66. The minimum Gasteiger partial charge on any atom is -0.490 e. The van der Waals surface area contributed by atoms with Crippen molar-refractivity contribution in [3.8, 4) is 5.75 Å². The fourth-order valence-electron chi connectivity index (χ4n) is 1.71. The fourth-order valence-corrected chi connectivity index (χ4v) is 1.71. The van der Waals surface area contributed by atoms with Crippen molar-refractivity contribution in [2.24, 2.45) is 0 Å². The zero-order valence-corrected chi connectivity index (χ0v) is 12.3. The molecule has 0 aliphatic rings. The molecule has 4 nitrogen and oxygen atoms in total. The third-order valence-corrected chi connectivity index (χ3v) is 2.66. The second-order valence-electron chi connectivity index (χ2n) is 5.33. The first-order chi connectivity index (χ1) is 8.94. The van der Waals surface area contributed by atoms with Crippen LogP contribution >= 0.6 is 0 Å². The fraction of sp³-hybridized carbons (Fsp3) is 0.600. The van der Waals surface area contributed by atoms with Crippen molar-refractivity contribution in [3.63, 3.8) is 0 Å². The van der Waals surface area contributed by atoms with Gasteiger partial charge >= 0.3 is 0 Å².